The molecule has 4 rings (SSSR count). The largest absolute Gasteiger partial charge is 0.489 e. The van der Waals surface area contributed by atoms with Gasteiger partial charge in [0.1, 0.15) is 18.9 Å². The standard InChI is InChI=1S/C27H29N3O6/c1-17-12-19(21-6-4-5-7-23(21)28-17)16-36-20-10-8-18(9-11-20)13-27(14-22(27)25(32)29-34)26(33)30(2)15-24(31)35-3/h4-12,22,34H,13-16H2,1-3H3,(H,29,32)/t22-,27+/m1/s1. The number of methoxy groups -OCH3 is 1. The Morgan fingerprint density at radius 1 is 1.17 bits per heavy atom. The van der Waals surface area contributed by atoms with Crippen molar-refractivity contribution in [3.8, 4) is 5.75 Å². The topological polar surface area (TPSA) is 118 Å². The van der Waals surface area contributed by atoms with Crippen LogP contribution >= 0.6 is 0 Å². The molecule has 0 aliphatic heterocycles. The quantitative estimate of drug-likeness (QED) is 0.268. The van der Waals surface area contributed by atoms with Gasteiger partial charge < -0.3 is 14.4 Å². The molecule has 1 fully saturated rings. The number of hydrogen-bond donors (Lipinski definition) is 2. The number of benzene rings is 2. The van der Waals surface area contributed by atoms with Gasteiger partial charge >= 0.3 is 5.97 Å². The summed E-state index contributed by atoms with van der Waals surface area (Å²) in [5, 5.41) is 10.1. The Bertz CT molecular complexity index is 1290. The number of hydrogen-bond acceptors (Lipinski definition) is 7. The van der Waals surface area contributed by atoms with Crippen molar-refractivity contribution < 1.29 is 29.1 Å². The van der Waals surface area contributed by atoms with Crippen LogP contribution in [0.2, 0.25) is 0 Å². The molecule has 36 heavy (non-hydrogen) atoms. The molecule has 1 heterocycles. The van der Waals surface area contributed by atoms with Crippen LogP contribution in [0, 0.1) is 18.3 Å². The minimum absolute atomic E-state index is 0.222. The second-order valence-electron chi connectivity index (χ2n) is 9.18. The molecule has 0 bridgehead atoms. The summed E-state index contributed by atoms with van der Waals surface area (Å²) in [5.74, 6) is -1.53. The molecule has 1 saturated carbocycles. The number of nitrogens with zero attached hydrogens (tertiary/aromatic N) is 2. The summed E-state index contributed by atoms with van der Waals surface area (Å²) < 4.78 is 10.7. The fourth-order valence-corrected chi connectivity index (χ4v) is 4.69. The first kappa shape index (κ1) is 25.1. The summed E-state index contributed by atoms with van der Waals surface area (Å²) in [6.07, 6.45) is 0.556. The van der Waals surface area contributed by atoms with E-state index in [0.717, 1.165) is 27.7 Å². The minimum Gasteiger partial charge on any atom is -0.489 e. The molecule has 1 aliphatic rings. The van der Waals surface area contributed by atoms with Gasteiger partial charge in [0.05, 0.1) is 24.0 Å². The first-order valence-electron chi connectivity index (χ1n) is 11.6. The molecule has 1 aliphatic carbocycles. The average molecular weight is 492 g/mol. The summed E-state index contributed by atoms with van der Waals surface area (Å²) in [5.41, 5.74) is 4.32. The van der Waals surface area contributed by atoms with Crippen molar-refractivity contribution in [3.63, 3.8) is 0 Å². The van der Waals surface area contributed by atoms with Gasteiger partial charge in [-0.15, -0.1) is 0 Å². The molecule has 0 radical (unpaired) electrons. The van der Waals surface area contributed by atoms with Crippen molar-refractivity contribution in [2.75, 3.05) is 20.7 Å². The Morgan fingerprint density at radius 2 is 1.89 bits per heavy atom. The molecule has 9 nitrogen and oxygen atoms in total. The maximum atomic E-state index is 13.2. The zero-order chi connectivity index (χ0) is 25.9. The number of pyridine rings is 1. The van der Waals surface area contributed by atoms with Crippen LogP contribution in [0.15, 0.2) is 54.6 Å². The van der Waals surface area contributed by atoms with Crippen LogP contribution in [-0.4, -0.2) is 53.6 Å². The predicted molar refractivity (Wildman–Crippen MR) is 131 cm³/mol. The lowest BCUT2D eigenvalue weighted by molar-refractivity contribution is -0.148. The number of aromatic nitrogens is 1. The van der Waals surface area contributed by atoms with Gasteiger partial charge in [0.2, 0.25) is 11.8 Å². The lowest BCUT2D eigenvalue weighted by atomic mass is 9.92. The van der Waals surface area contributed by atoms with Gasteiger partial charge in [0.15, 0.2) is 0 Å². The molecule has 0 spiro atoms. The molecular formula is C27H29N3O6. The van der Waals surface area contributed by atoms with Gasteiger partial charge in [0, 0.05) is 23.7 Å². The van der Waals surface area contributed by atoms with E-state index in [1.165, 1.54) is 19.1 Å². The van der Waals surface area contributed by atoms with Gasteiger partial charge in [-0.3, -0.25) is 24.6 Å². The number of ether oxygens (including phenoxy) is 2. The molecule has 0 saturated heterocycles. The third kappa shape index (κ3) is 5.16. The van der Waals surface area contributed by atoms with Crippen molar-refractivity contribution in [1.82, 2.24) is 15.4 Å². The van der Waals surface area contributed by atoms with Crippen LogP contribution in [0.1, 0.15) is 23.2 Å². The van der Waals surface area contributed by atoms with Crippen LogP contribution in [0.5, 0.6) is 5.75 Å². The summed E-state index contributed by atoms with van der Waals surface area (Å²) in [6.45, 7) is 2.11. The van der Waals surface area contributed by atoms with Crippen molar-refractivity contribution in [2.24, 2.45) is 11.3 Å². The number of amides is 2. The van der Waals surface area contributed by atoms with E-state index in [0.29, 0.717) is 12.4 Å². The Balaban J connectivity index is 1.47. The van der Waals surface area contributed by atoms with Crippen molar-refractivity contribution in [1.29, 1.82) is 0 Å². The van der Waals surface area contributed by atoms with E-state index in [1.807, 2.05) is 61.5 Å². The highest BCUT2D eigenvalue weighted by molar-refractivity contribution is 5.96. The molecule has 1 aromatic heterocycles. The number of aryl methyl sites for hydroxylation is 1. The van der Waals surface area contributed by atoms with Gasteiger partial charge in [0.25, 0.3) is 0 Å². The van der Waals surface area contributed by atoms with E-state index in [-0.39, 0.29) is 25.3 Å². The number of nitrogens with one attached hydrogen (secondary N) is 1. The van der Waals surface area contributed by atoms with Crippen molar-refractivity contribution in [3.05, 3.63) is 71.4 Å². The van der Waals surface area contributed by atoms with Crippen molar-refractivity contribution in [2.45, 2.75) is 26.4 Å². The Labute approximate surface area is 209 Å². The second-order valence-corrected chi connectivity index (χ2v) is 9.18. The number of fused-ring (bicyclic) bond motifs is 1. The lowest BCUT2D eigenvalue weighted by Crippen LogP contribution is -2.41. The van der Waals surface area contributed by atoms with Crippen LogP contribution in [0.25, 0.3) is 10.9 Å². The highest BCUT2D eigenvalue weighted by Gasteiger charge is 2.64. The normalized spacial score (nSPS) is 18.4. The van der Waals surface area contributed by atoms with Crippen LogP contribution in [0.3, 0.4) is 0 Å². The number of carbonyl (C=O) groups excluding carboxylic acids is 3. The number of rotatable bonds is 9. The maximum absolute atomic E-state index is 13.2. The summed E-state index contributed by atoms with van der Waals surface area (Å²) in [4.78, 5) is 42.8. The van der Waals surface area contributed by atoms with Crippen LogP contribution in [0.4, 0.5) is 0 Å². The predicted octanol–water partition coefficient (Wildman–Crippen LogP) is 2.81. The van der Waals surface area contributed by atoms with Gasteiger partial charge in [-0.2, -0.15) is 0 Å². The fourth-order valence-electron chi connectivity index (χ4n) is 4.69. The Kier molecular flexibility index (Phi) is 7.21. The minimum atomic E-state index is -1.04. The number of hydroxylamine groups is 1. The van der Waals surface area contributed by atoms with E-state index >= 15 is 0 Å². The van der Waals surface area contributed by atoms with E-state index in [4.69, 9.17) is 9.94 Å². The molecule has 2 aromatic carbocycles. The molecule has 3 aromatic rings. The van der Waals surface area contributed by atoms with Gasteiger partial charge in [-0.05, 0) is 49.6 Å². The zero-order valence-electron chi connectivity index (χ0n) is 20.5. The third-order valence-electron chi connectivity index (χ3n) is 6.64. The number of likely N-dealkylation sites (N-methyl/N-ethyl adjacent to an activating group) is 1. The highest BCUT2D eigenvalue weighted by Crippen LogP contribution is 2.56. The van der Waals surface area contributed by atoms with Crippen molar-refractivity contribution >= 4 is 28.7 Å². The van der Waals surface area contributed by atoms with Crippen LogP contribution in [-0.2, 0) is 32.1 Å². The van der Waals surface area contributed by atoms with Crippen LogP contribution < -0.4 is 10.2 Å². The van der Waals surface area contributed by atoms with E-state index in [1.54, 1.807) is 5.48 Å². The van der Waals surface area contributed by atoms with Gasteiger partial charge in [-0.1, -0.05) is 30.3 Å². The molecule has 9 heteroatoms. The molecule has 2 N–H and O–H groups in total. The first-order valence-corrected chi connectivity index (χ1v) is 11.6. The summed E-state index contributed by atoms with van der Waals surface area (Å²) >= 11 is 0. The maximum Gasteiger partial charge on any atom is 0.325 e. The second kappa shape index (κ2) is 10.3. The molecule has 2 amide bonds. The number of para-hydroxylation sites is 1. The fraction of sp³-hybridized carbons (Fsp3) is 0.333. The molecule has 2 atom stereocenters. The monoisotopic (exact) mass is 491 g/mol. The first-order chi connectivity index (χ1) is 17.3. The highest BCUT2D eigenvalue weighted by atomic mass is 16.5. The molecule has 0 unspecified atom stereocenters. The lowest BCUT2D eigenvalue weighted by Gasteiger charge is -2.24. The van der Waals surface area contributed by atoms with Gasteiger partial charge in [-0.25, -0.2) is 5.48 Å². The molecular weight excluding hydrogens is 462 g/mol. The van der Waals surface area contributed by atoms with E-state index in [9.17, 15) is 14.4 Å². The van der Waals surface area contributed by atoms with E-state index in [2.05, 4.69) is 9.72 Å². The number of esters is 1. The smallest absolute Gasteiger partial charge is 0.325 e. The zero-order valence-corrected chi connectivity index (χ0v) is 20.5. The average Bonchev–Trinajstić information content (AvgIpc) is 3.61. The van der Waals surface area contributed by atoms with E-state index < -0.39 is 23.2 Å². The Hall–Kier alpha value is -3.98. The molecule has 188 valence electrons. The Morgan fingerprint density at radius 3 is 2.58 bits per heavy atom. The third-order valence-corrected chi connectivity index (χ3v) is 6.64. The SMILES string of the molecule is COC(=O)CN(C)C(=O)[C@@]1(Cc2ccc(OCc3cc(C)nc4ccccc34)cc2)C[C@@H]1C(=O)NO. The summed E-state index contributed by atoms with van der Waals surface area (Å²) in [6, 6.07) is 17.3. The summed E-state index contributed by atoms with van der Waals surface area (Å²) in [7, 11) is 2.74. The number of carbonyl (C=O) groups is 3.